The van der Waals surface area contributed by atoms with Crippen molar-refractivity contribution in [2.24, 2.45) is 0 Å². The SMILES string of the molecule is Cc1cccc(C(C(=O)O)N(C)C)c1.Cl. The van der Waals surface area contributed by atoms with E-state index in [2.05, 4.69) is 0 Å². The van der Waals surface area contributed by atoms with Gasteiger partial charge in [-0.3, -0.25) is 9.69 Å². The largest absolute Gasteiger partial charge is 0.480 e. The molecule has 1 aromatic rings. The fourth-order valence-electron chi connectivity index (χ4n) is 1.50. The molecule has 1 aromatic carbocycles. The van der Waals surface area contributed by atoms with Crippen molar-refractivity contribution in [2.75, 3.05) is 14.1 Å². The van der Waals surface area contributed by atoms with E-state index in [-0.39, 0.29) is 12.4 Å². The van der Waals surface area contributed by atoms with Gasteiger partial charge in [0.25, 0.3) is 0 Å². The average molecular weight is 230 g/mol. The maximum absolute atomic E-state index is 11.0. The van der Waals surface area contributed by atoms with E-state index in [4.69, 9.17) is 5.11 Å². The van der Waals surface area contributed by atoms with Crippen LogP contribution in [0.15, 0.2) is 24.3 Å². The highest BCUT2D eigenvalue weighted by Gasteiger charge is 2.21. The molecule has 1 N–H and O–H groups in total. The molecule has 0 saturated heterocycles. The van der Waals surface area contributed by atoms with Crippen LogP contribution >= 0.6 is 12.4 Å². The topological polar surface area (TPSA) is 40.5 Å². The van der Waals surface area contributed by atoms with Crippen LogP contribution in [0.4, 0.5) is 0 Å². The quantitative estimate of drug-likeness (QED) is 0.863. The minimum Gasteiger partial charge on any atom is -0.480 e. The van der Waals surface area contributed by atoms with E-state index in [1.54, 1.807) is 19.0 Å². The van der Waals surface area contributed by atoms with Gasteiger partial charge in [0.05, 0.1) is 0 Å². The lowest BCUT2D eigenvalue weighted by molar-refractivity contribution is -0.142. The van der Waals surface area contributed by atoms with Crippen molar-refractivity contribution in [2.45, 2.75) is 13.0 Å². The summed E-state index contributed by atoms with van der Waals surface area (Å²) in [4.78, 5) is 12.7. The summed E-state index contributed by atoms with van der Waals surface area (Å²) >= 11 is 0. The summed E-state index contributed by atoms with van der Waals surface area (Å²) in [6.45, 7) is 1.96. The Hall–Kier alpha value is -1.06. The molecule has 0 aliphatic rings. The normalized spacial score (nSPS) is 12.0. The highest BCUT2D eigenvalue weighted by molar-refractivity contribution is 5.85. The summed E-state index contributed by atoms with van der Waals surface area (Å²) in [7, 11) is 3.53. The van der Waals surface area contributed by atoms with Crippen molar-refractivity contribution in [3.8, 4) is 0 Å². The first kappa shape index (κ1) is 13.9. The molecule has 0 amide bonds. The Morgan fingerprint density at radius 2 is 2.00 bits per heavy atom. The van der Waals surface area contributed by atoms with Crippen LogP contribution in [0, 0.1) is 6.92 Å². The highest BCUT2D eigenvalue weighted by atomic mass is 35.5. The first-order valence-corrected chi connectivity index (χ1v) is 4.48. The Morgan fingerprint density at radius 1 is 1.40 bits per heavy atom. The fraction of sp³-hybridized carbons (Fsp3) is 0.364. The van der Waals surface area contributed by atoms with E-state index in [0.29, 0.717) is 0 Å². The summed E-state index contributed by atoms with van der Waals surface area (Å²) in [6, 6.07) is 7.02. The summed E-state index contributed by atoms with van der Waals surface area (Å²) in [5.41, 5.74) is 1.90. The molecule has 1 rings (SSSR count). The molecule has 1 unspecified atom stereocenters. The number of carbonyl (C=O) groups is 1. The number of rotatable bonds is 3. The molecule has 0 spiro atoms. The van der Waals surface area contributed by atoms with Crippen LogP contribution in [0.5, 0.6) is 0 Å². The van der Waals surface area contributed by atoms with E-state index in [0.717, 1.165) is 11.1 Å². The fourth-order valence-corrected chi connectivity index (χ4v) is 1.50. The van der Waals surface area contributed by atoms with Crippen LogP contribution < -0.4 is 0 Å². The van der Waals surface area contributed by atoms with Gasteiger partial charge < -0.3 is 5.11 Å². The van der Waals surface area contributed by atoms with Gasteiger partial charge in [0.15, 0.2) is 0 Å². The van der Waals surface area contributed by atoms with Gasteiger partial charge in [-0.25, -0.2) is 0 Å². The number of aliphatic carboxylic acids is 1. The van der Waals surface area contributed by atoms with Crippen molar-refractivity contribution in [1.82, 2.24) is 4.90 Å². The van der Waals surface area contributed by atoms with Crippen LogP contribution in [0.2, 0.25) is 0 Å². The van der Waals surface area contributed by atoms with Crippen molar-refractivity contribution in [1.29, 1.82) is 0 Å². The number of benzene rings is 1. The number of carboxylic acids is 1. The second-order valence-electron chi connectivity index (χ2n) is 3.62. The van der Waals surface area contributed by atoms with E-state index < -0.39 is 12.0 Å². The maximum atomic E-state index is 11.0. The zero-order valence-corrected chi connectivity index (χ0v) is 9.91. The number of likely N-dealkylation sites (N-methyl/N-ethyl adjacent to an activating group) is 1. The Balaban J connectivity index is 0.00000196. The maximum Gasteiger partial charge on any atom is 0.325 e. The van der Waals surface area contributed by atoms with Crippen LogP contribution in [-0.4, -0.2) is 30.1 Å². The Morgan fingerprint density at radius 3 is 2.40 bits per heavy atom. The molecule has 0 heterocycles. The van der Waals surface area contributed by atoms with Gasteiger partial charge in [0.2, 0.25) is 0 Å². The molecular weight excluding hydrogens is 214 g/mol. The molecule has 0 aliphatic carbocycles. The van der Waals surface area contributed by atoms with E-state index in [9.17, 15) is 4.79 Å². The lowest BCUT2D eigenvalue weighted by atomic mass is 10.0. The van der Waals surface area contributed by atoms with Crippen LogP contribution in [-0.2, 0) is 4.79 Å². The molecule has 1 atom stereocenters. The number of hydrogen-bond donors (Lipinski definition) is 1. The van der Waals surface area contributed by atoms with Gasteiger partial charge in [0, 0.05) is 0 Å². The minimum absolute atomic E-state index is 0. The van der Waals surface area contributed by atoms with E-state index in [1.165, 1.54) is 0 Å². The van der Waals surface area contributed by atoms with Crippen molar-refractivity contribution < 1.29 is 9.90 Å². The van der Waals surface area contributed by atoms with Gasteiger partial charge >= 0.3 is 5.97 Å². The third-order valence-corrected chi connectivity index (χ3v) is 2.11. The molecule has 4 heteroatoms. The molecule has 0 bridgehead atoms. The smallest absolute Gasteiger partial charge is 0.325 e. The molecule has 0 saturated carbocycles. The molecular formula is C11H16ClNO2. The zero-order valence-electron chi connectivity index (χ0n) is 9.10. The monoisotopic (exact) mass is 229 g/mol. The Bertz CT molecular complexity index is 339. The van der Waals surface area contributed by atoms with Gasteiger partial charge in [0.1, 0.15) is 6.04 Å². The van der Waals surface area contributed by atoms with Gasteiger partial charge in [-0.2, -0.15) is 0 Å². The van der Waals surface area contributed by atoms with Gasteiger partial charge in [-0.15, -0.1) is 12.4 Å². The first-order chi connectivity index (χ1) is 6.52. The predicted octanol–water partition coefficient (Wildman–Crippen LogP) is 2.10. The van der Waals surface area contributed by atoms with Crippen LogP contribution in [0.25, 0.3) is 0 Å². The number of halogens is 1. The molecule has 0 aromatic heterocycles. The third-order valence-electron chi connectivity index (χ3n) is 2.11. The highest BCUT2D eigenvalue weighted by Crippen LogP contribution is 2.19. The Labute approximate surface area is 96.1 Å². The number of carboxylic acid groups (broad SMARTS) is 1. The number of nitrogens with zero attached hydrogens (tertiary/aromatic N) is 1. The number of hydrogen-bond acceptors (Lipinski definition) is 2. The average Bonchev–Trinajstić information content (AvgIpc) is 2.02. The van der Waals surface area contributed by atoms with Gasteiger partial charge in [-0.1, -0.05) is 29.8 Å². The van der Waals surface area contributed by atoms with E-state index in [1.807, 2.05) is 31.2 Å². The molecule has 0 fully saturated rings. The lowest BCUT2D eigenvalue weighted by Crippen LogP contribution is -2.27. The Kier molecular flexibility index (Phi) is 5.33. The first-order valence-electron chi connectivity index (χ1n) is 4.48. The second kappa shape index (κ2) is 5.73. The summed E-state index contributed by atoms with van der Waals surface area (Å²) in [5.74, 6) is -0.819. The molecule has 84 valence electrons. The molecule has 3 nitrogen and oxygen atoms in total. The third kappa shape index (κ3) is 3.53. The van der Waals surface area contributed by atoms with Crippen LogP contribution in [0.3, 0.4) is 0 Å². The minimum atomic E-state index is -0.819. The van der Waals surface area contributed by atoms with Gasteiger partial charge in [-0.05, 0) is 26.6 Å². The standard InChI is InChI=1S/C11H15NO2.ClH/c1-8-5-4-6-9(7-8)10(11(13)14)12(2)3;/h4-7,10H,1-3H3,(H,13,14);1H. The summed E-state index contributed by atoms with van der Waals surface area (Å²) < 4.78 is 0. The second-order valence-corrected chi connectivity index (χ2v) is 3.62. The lowest BCUT2D eigenvalue weighted by Gasteiger charge is -2.20. The van der Waals surface area contributed by atoms with Crippen molar-refractivity contribution in [3.05, 3.63) is 35.4 Å². The molecule has 0 aliphatic heterocycles. The van der Waals surface area contributed by atoms with Crippen LogP contribution in [0.1, 0.15) is 17.2 Å². The summed E-state index contributed by atoms with van der Waals surface area (Å²) in [6.07, 6.45) is 0. The van der Waals surface area contributed by atoms with Crippen molar-refractivity contribution in [3.63, 3.8) is 0 Å². The predicted molar refractivity (Wildman–Crippen MR) is 62.5 cm³/mol. The summed E-state index contributed by atoms with van der Waals surface area (Å²) in [5, 5.41) is 9.05. The molecule has 0 radical (unpaired) electrons. The molecule has 15 heavy (non-hydrogen) atoms. The van der Waals surface area contributed by atoms with E-state index >= 15 is 0 Å². The zero-order chi connectivity index (χ0) is 10.7. The van der Waals surface area contributed by atoms with Crippen molar-refractivity contribution >= 4 is 18.4 Å². The number of aryl methyl sites for hydroxylation is 1.